The van der Waals surface area contributed by atoms with Gasteiger partial charge in [0.15, 0.2) is 5.60 Å². The summed E-state index contributed by atoms with van der Waals surface area (Å²) in [6.07, 6.45) is 0.513. The molecular weight excluding hydrogens is 220 g/mol. The van der Waals surface area contributed by atoms with Crippen LogP contribution >= 0.6 is 0 Å². The fourth-order valence-corrected chi connectivity index (χ4v) is 1.65. The van der Waals surface area contributed by atoms with Gasteiger partial charge in [-0.15, -0.1) is 0 Å². The summed E-state index contributed by atoms with van der Waals surface area (Å²) in [5.74, 6) is -0.639. The Morgan fingerprint density at radius 1 is 1.06 bits per heavy atom. The molecule has 102 valence electrons. The number of aliphatic hydroxyl groups excluding tert-OH is 1. The molecule has 0 aliphatic carbocycles. The van der Waals surface area contributed by atoms with Gasteiger partial charge in [-0.05, 0) is 37.5 Å². The number of hydrogen-bond donors (Lipinski definition) is 3. The number of aliphatic carboxylic acids is 1. The predicted octanol–water partition coefficient (Wildman–Crippen LogP) is 2.04. The average Bonchev–Trinajstić information content (AvgIpc) is 2.21. The second-order valence-electron chi connectivity index (χ2n) is 5.65. The molecule has 0 saturated carbocycles. The van der Waals surface area contributed by atoms with Gasteiger partial charge in [-0.1, -0.05) is 27.7 Å². The van der Waals surface area contributed by atoms with Crippen LogP contribution in [0.4, 0.5) is 0 Å². The summed E-state index contributed by atoms with van der Waals surface area (Å²) in [5, 5.41) is 29.0. The standard InChI is InChI=1S/C13H26O4/c1-9(2)5-6-11(14)13(17,12(15)16)8-7-10(3)4/h9-11,14,17H,5-8H2,1-4H3,(H,15,16). The molecule has 3 N–H and O–H groups in total. The van der Waals surface area contributed by atoms with Crippen LogP contribution in [-0.2, 0) is 4.79 Å². The highest BCUT2D eigenvalue weighted by atomic mass is 16.4. The summed E-state index contributed by atoms with van der Waals surface area (Å²) in [6.45, 7) is 7.92. The molecule has 0 radical (unpaired) electrons. The van der Waals surface area contributed by atoms with Crippen LogP contribution in [0.2, 0.25) is 0 Å². The Morgan fingerprint density at radius 2 is 1.53 bits per heavy atom. The highest BCUT2D eigenvalue weighted by molar-refractivity contribution is 5.77. The normalized spacial score (nSPS) is 17.2. The van der Waals surface area contributed by atoms with E-state index in [0.717, 1.165) is 0 Å². The second kappa shape index (κ2) is 6.97. The minimum absolute atomic E-state index is 0.0965. The Balaban J connectivity index is 4.52. The van der Waals surface area contributed by atoms with Crippen LogP contribution in [0.1, 0.15) is 53.4 Å². The van der Waals surface area contributed by atoms with Gasteiger partial charge in [0.05, 0.1) is 6.10 Å². The van der Waals surface area contributed by atoms with Crippen molar-refractivity contribution >= 4 is 5.97 Å². The van der Waals surface area contributed by atoms with Crippen LogP contribution < -0.4 is 0 Å². The van der Waals surface area contributed by atoms with E-state index < -0.39 is 17.7 Å². The van der Waals surface area contributed by atoms with E-state index in [4.69, 9.17) is 5.11 Å². The number of hydrogen-bond acceptors (Lipinski definition) is 3. The van der Waals surface area contributed by atoms with Crippen molar-refractivity contribution in [3.8, 4) is 0 Å². The largest absolute Gasteiger partial charge is 0.479 e. The first kappa shape index (κ1) is 16.4. The number of carboxylic acid groups (broad SMARTS) is 1. The SMILES string of the molecule is CC(C)CCC(O)C(O)(CCC(C)C)C(=O)O. The van der Waals surface area contributed by atoms with E-state index in [9.17, 15) is 15.0 Å². The molecule has 0 spiro atoms. The highest BCUT2D eigenvalue weighted by Crippen LogP contribution is 2.25. The third-order valence-corrected chi connectivity index (χ3v) is 3.04. The van der Waals surface area contributed by atoms with E-state index in [0.29, 0.717) is 31.1 Å². The molecule has 4 nitrogen and oxygen atoms in total. The summed E-state index contributed by atoms with van der Waals surface area (Å²) in [6, 6.07) is 0. The van der Waals surface area contributed by atoms with Crippen molar-refractivity contribution in [2.45, 2.75) is 65.1 Å². The van der Waals surface area contributed by atoms with Gasteiger partial charge in [0.1, 0.15) is 0 Å². The molecule has 0 fully saturated rings. The van der Waals surface area contributed by atoms with Crippen molar-refractivity contribution in [1.82, 2.24) is 0 Å². The Hall–Kier alpha value is -0.610. The maximum atomic E-state index is 11.1. The lowest BCUT2D eigenvalue weighted by atomic mass is 9.85. The molecule has 0 saturated heterocycles. The molecule has 2 atom stereocenters. The molecule has 0 aromatic heterocycles. The third kappa shape index (κ3) is 5.50. The summed E-state index contributed by atoms with van der Waals surface area (Å²) in [7, 11) is 0. The summed E-state index contributed by atoms with van der Waals surface area (Å²) in [4.78, 5) is 11.1. The van der Waals surface area contributed by atoms with E-state index in [1.807, 2.05) is 27.7 Å². The molecule has 0 aromatic carbocycles. The lowest BCUT2D eigenvalue weighted by molar-refractivity contribution is -0.174. The first-order chi connectivity index (χ1) is 7.70. The van der Waals surface area contributed by atoms with Crippen molar-refractivity contribution in [2.75, 3.05) is 0 Å². The van der Waals surface area contributed by atoms with Crippen LogP contribution in [0.5, 0.6) is 0 Å². The highest BCUT2D eigenvalue weighted by Gasteiger charge is 2.42. The molecule has 0 amide bonds. The van der Waals surface area contributed by atoms with Crippen molar-refractivity contribution < 1.29 is 20.1 Å². The zero-order chi connectivity index (χ0) is 13.6. The Morgan fingerprint density at radius 3 is 1.88 bits per heavy atom. The van der Waals surface area contributed by atoms with Gasteiger partial charge in [-0.25, -0.2) is 4.79 Å². The Bertz CT molecular complexity index is 238. The predicted molar refractivity (Wildman–Crippen MR) is 66.7 cm³/mol. The quantitative estimate of drug-likeness (QED) is 0.612. The fraction of sp³-hybridized carbons (Fsp3) is 0.923. The Kier molecular flexibility index (Phi) is 6.72. The van der Waals surface area contributed by atoms with Crippen molar-refractivity contribution in [1.29, 1.82) is 0 Å². The van der Waals surface area contributed by atoms with Crippen molar-refractivity contribution in [3.05, 3.63) is 0 Å². The molecule has 17 heavy (non-hydrogen) atoms. The third-order valence-electron chi connectivity index (χ3n) is 3.04. The maximum absolute atomic E-state index is 11.1. The molecule has 0 heterocycles. The fourth-order valence-electron chi connectivity index (χ4n) is 1.65. The van der Waals surface area contributed by atoms with E-state index in [-0.39, 0.29) is 6.42 Å². The molecule has 0 aliphatic heterocycles. The molecule has 4 heteroatoms. The zero-order valence-corrected chi connectivity index (χ0v) is 11.3. The topological polar surface area (TPSA) is 77.8 Å². The van der Waals surface area contributed by atoms with E-state index in [1.165, 1.54) is 0 Å². The molecule has 0 bridgehead atoms. The van der Waals surface area contributed by atoms with Gasteiger partial charge in [0, 0.05) is 0 Å². The Labute approximate surface area is 104 Å². The second-order valence-corrected chi connectivity index (χ2v) is 5.65. The van der Waals surface area contributed by atoms with Crippen LogP contribution in [0, 0.1) is 11.8 Å². The molecule has 0 aliphatic rings. The lowest BCUT2D eigenvalue weighted by Gasteiger charge is -2.29. The number of aliphatic hydroxyl groups is 2. The lowest BCUT2D eigenvalue weighted by Crippen LogP contribution is -2.49. The van der Waals surface area contributed by atoms with E-state index in [1.54, 1.807) is 0 Å². The monoisotopic (exact) mass is 246 g/mol. The van der Waals surface area contributed by atoms with Crippen molar-refractivity contribution in [3.63, 3.8) is 0 Å². The van der Waals surface area contributed by atoms with Gasteiger partial charge < -0.3 is 15.3 Å². The summed E-state index contributed by atoms with van der Waals surface area (Å²) >= 11 is 0. The zero-order valence-electron chi connectivity index (χ0n) is 11.3. The van der Waals surface area contributed by atoms with Crippen LogP contribution in [0.3, 0.4) is 0 Å². The van der Waals surface area contributed by atoms with Crippen LogP contribution in [0.25, 0.3) is 0 Å². The summed E-state index contributed by atoms with van der Waals surface area (Å²) in [5.41, 5.74) is -2.00. The smallest absolute Gasteiger partial charge is 0.338 e. The number of rotatable bonds is 8. The van der Waals surface area contributed by atoms with E-state index in [2.05, 4.69) is 0 Å². The van der Waals surface area contributed by atoms with Crippen LogP contribution in [-0.4, -0.2) is 33.0 Å². The first-order valence-electron chi connectivity index (χ1n) is 6.34. The average molecular weight is 246 g/mol. The molecule has 2 unspecified atom stereocenters. The van der Waals surface area contributed by atoms with Crippen molar-refractivity contribution in [2.24, 2.45) is 11.8 Å². The number of carboxylic acids is 1. The molecule has 0 aromatic rings. The van der Waals surface area contributed by atoms with Gasteiger partial charge in [0.2, 0.25) is 0 Å². The van der Waals surface area contributed by atoms with E-state index >= 15 is 0 Å². The van der Waals surface area contributed by atoms with Gasteiger partial charge in [0.25, 0.3) is 0 Å². The van der Waals surface area contributed by atoms with Gasteiger partial charge in [-0.3, -0.25) is 0 Å². The number of carbonyl (C=O) groups is 1. The van der Waals surface area contributed by atoms with Crippen LogP contribution in [0.15, 0.2) is 0 Å². The minimum Gasteiger partial charge on any atom is -0.479 e. The molecular formula is C13H26O4. The van der Waals surface area contributed by atoms with Gasteiger partial charge in [-0.2, -0.15) is 0 Å². The molecule has 0 rings (SSSR count). The first-order valence-corrected chi connectivity index (χ1v) is 6.34. The van der Waals surface area contributed by atoms with Gasteiger partial charge >= 0.3 is 5.97 Å². The summed E-state index contributed by atoms with van der Waals surface area (Å²) < 4.78 is 0. The minimum atomic E-state index is -2.00. The maximum Gasteiger partial charge on any atom is 0.338 e.